The first-order chi connectivity index (χ1) is 15.9. The van der Waals surface area contributed by atoms with Crippen molar-refractivity contribution in [2.45, 2.75) is 57.8 Å². The van der Waals surface area contributed by atoms with E-state index in [1.807, 2.05) is 25.1 Å². The molecule has 2 heterocycles. The summed E-state index contributed by atoms with van der Waals surface area (Å²) in [6.45, 7) is 4.26. The van der Waals surface area contributed by atoms with Gasteiger partial charge < -0.3 is 24.6 Å². The molecule has 0 spiro atoms. The fourth-order valence-corrected chi connectivity index (χ4v) is 4.12. The molecule has 1 amide bonds. The number of ether oxygens (including phenoxy) is 3. The van der Waals surface area contributed by atoms with Crippen molar-refractivity contribution < 1.29 is 28.9 Å². The normalized spacial score (nSPS) is 23.5. The van der Waals surface area contributed by atoms with Gasteiger partial charge in [0, 0.05) is 31.2 Å². The van der Waals surface area contributed by atoms with Gasteiger partial charge in [-0.25, -0.2) is 9.78 Å². The molecule has 3 rings (SSSR count). The predicted octanol–water partition coefficient (Wildman–Crippen LogP) is 3.27. The summed E-state index contributed by atoms with van der Waals surface area (Å²) in [6, 6.07) is 10.6. The topological polar surface area (TPSA) is 107 Å². The van der Waals surface area contributed by atoms with Crippen LogP contribution in [0.3, 0.4) is 0 Å². The summed E-state index contributed by atoms with van der Waals surface area (Å²) in [6.07, 6.45) is 3.63. The van der Waals surface area contributed by atoms with E-state index in [4.69, 9.17) is 14.2 Å². The molecule has 0 aliphatic carbocycles. The molecule has 1 aliphatic heterocycles. The number of amides is 1. The number of nitrogens with one attached hydrogen (secondary N) is 1. The number of methoxy groups -OCH3 is 1. The average Bonchev–Trinajstić information content (AvgIpc) is 2.86. The molecule has 178 valence electrons. The summed E-state index contributed by atoms with van der Waals surface area (Å²) in [4.78, 5) is 29.6. The van der Waals surface area contributed by atoms with E-state index >= 15 is 0 Å². The highest BCUT2D eigenvalue weighted by molar-refractivity contribution is 5.97. The number of rotatable bonds is 7. The molecule has 8 heteroatoms. The average molecular weight is 457 g/mol. The Morgan fingerprint density at radius 2 is 2.03 bits per heavy atom. The lowest BCUT2D eigenvalue weighted by atomic mass is 9.87. The Morgan fingerprint density at radius 1 is 1.27 bits per heavy atom. The molecule has 1 aromatic heterocycles. The van der Waals surface area contributed by atoms with Gasteiger partial charge in [-0.05, 0) is 25.3 Å². The summed E-state index contributed by atoms with van der Waals surface area (Å²) >= 11 is 0. The van der Waals surface area contributed by atoms with Crippen LogP contribution in [0, 0.1) is 5.92 Å². The standard InChI is InChI=1S/C25H32N2O6/c1-4-8-20-18(15-17-9-6-5-7-10-17)16(2)33-25(30)19(12-14-32-20)27-24(29)22-23(28)21(31-3)11-13-26-22/h5-7,9-11,13,16,18-20,28H,4,8,12,14-15H2,1-3H3,(H,27,29)/t16-,18-,19-,20+/m0/s1. The van der Waals surface area contributed by atoms with Gasteiger partial charge in [-0.15, -0.1) is 0 Å². The lowest BCUT2D eigenvalue weighted by Crippen LogP contribution is -2.44. The highest BCUT2D eigenvalue weighted by Crippen LogP contribution is 2.29. The van der Waals surface area contributed by atoms with Gasteiger partial charge in [-0.1, -0.05) is 43.7 Å². The number of nitrogens with zero attached hydrogens (tertiary/aromatic N) is 1. The lowest BCUT2D eigenvalue weighted by molar-refractivity contribution is -0.154. The van der Waals surface area contributed by atoms with Crippen molar-refractivity contribution >= 4 is 11.9 Å². The van der Waals surface area contributed by atoms with Gasteiger partial charge in [0.1, 0.15) is 12.1 Å². The summed E-state index contributed by atoms with van der Waals surface area (Å²) < 4.78 is 17.1. The van der Waals surface area contributed by atoms with E-state index in [2.05, 4.69) is 29.4 Å². The van der Waals surface area contributed by atoms with Crippen molar-refractivity contribution in [1.82, 2.24) is 10.3 Å². The van der Waals surface area contributed by atoms with Crippen LogP contribution in [-0.2, 0) is 20.7 Å². The van der Waals surface area contributed by atoms with E-state index in [1.54, 1.807) is 0 Å². The molecular formula is C25H32N2O6. The van der Waals surface area contributed by atoms with E-state index in [0.717, 1.165) is 24.8 Å². The maximum absolute atomic E-state index is 13.0. The molecule has 1 fully saturated rings. The zero-order chi connectivity index (χ0) is 23.8. The first kappa shape index (κ1) is 24.5. The Kier molecular flexibility index (Phi) is 8.65. The third kappa shape index (κ3) is 6.22. The molecule has 0 radical (unpaired) electrons. The third-order valence-corrected chi connectivity index (χ3v) is 5.92. The summed E-state index contributed by atoms with van der Waals surface area (Å²) in [5.74, 6) is -1.50. The molecule has 33 heavy (non-hydrogen) atoms. The monoisotopic (exact) mass is 456 g/mol. The van der Waals surface area contributed by atoms with Crippen LogP contribution in [0.4, 0.5) is 0 Å². The van der Waals surface area contributed by atoms with E-state index in [9.17, 15) is 14.7 Å². The van der Waals surface area contributed by atoms with Crippen LogP contribution in [0.2, 0.25) is 0 Å². The molecule has 1 aliphatic rings. The van der Waals surface area contributed by atoms with Crippen molar-refractivity contribution in [3.63, 3.8) is 0 Å². The van der Waals surface area contributed by atoms with Gasteiger partial charge in [-0.3, -0.25) is 4.79 Å². The Morgan fingerprint density at radius 3 is 2.73 bits per heavy atom. The van der Waals surface area contributed by atoms with Crippen molar-refractivity contribution in [3.05, 3.63) is 53.9 Å². The minimum absolute atomic E-state index is 0.0187. The number of carbonyl (C=O) groups excluding carboxylic acids is 2. The number of hydrogen-bond acceptors (Lipinski definition) is 7. The number of pyridine rings is 1. The number of aromatic hydroxyl groups is 1. The minimum atomic E-state index is -0.926. The Hall–Kier alpha value is -3.13. The molecule has 4 atom stereocenters. The van der Waals surface area contributed by atoms with Crippen LogP contribution < -0.4 is 10.1 Å². The Balaban J connectivity index is 1.76. The highest BCUT2D eigenvalue weighted by Gasteiger charge is 2.35. The van der Waals surface area contributed by atoms with Crippen LogP contribution in [0.5, 0.6) is 11.5 Å². The van der Waals surface area contributed by atoms with Crippen molar-refractivity contribution in [2.75, 3.05) is 13.7 Å². The second-order valence-corrected chi connectivity index (χ2v) is 8.22. The van der Waals surface area contributed by atoms with Gasteiger partial charge in [0.2, 0.25) is 0 Å². The zero-order valence-electron chi connectivity index (χ0n) is 19.3. The van der Waals surface area contributed by atoms with Crippen molar-refractivity contribution in [1.29, 1.82) is 0 Å². The summed E-state index contributed by atoms with van der Waals surface area (Å²) in [7, 11) is 1.38. The molecule has 2 aromatic rings. The Bertz CT molecular complexity index is 936. The van der Waals surface area contributed by atoms with E-state index in [1.165, 1.54) is 19.4 Å². The largest absolute Gasteiger partial charge is 0.503 e. The first-order valence-electron chi connectivity index (χ1n) is 11.3. The smallest absolute Gasteiger partial charge is 0.329 e. The molecule has 2 N–H and O–H groups in total. The molecular weight excluding hydrogens is 424 g/mol. The number of cyclic esters (lactones) is 1. The number of carbonyl (C=O) groups is 2. The maximum Gasteiger partial charge on any atom is 0.329 e. The van der Waals surface area contributed by atoms with E-state index < -0.39 is 24.0 Å². The summed E-state index contributed by atoms with van der Waals surface area (Å²) in [5.41, 5.74) is 0.931. The fraction of sp³-hybridized carbons (Fsp3) is 0.480. The molecule has 8 nitrogen and oxygen atoms in total. The molecule has 1 aromatic carbocycles. The fourth-order valence-electron chi connectivity index (χ4n) is 4.12. The van der Waals surface area contributed by atoms with Crippen LogP contribution in [-0.4, -0.2) is 53.9 Å². The SMILES string of the molecule is CCC[C@H]1OCC[C@H](NC(=O)c2nccc(OC)c2O)C(=O)O[C@@H](C)[C@@H]1Cc1ccccc1. The van der Waals surface area contributed by atoms with Crippen LogP contribution in [0.1, 0.15) is 49.2 Å². The molecule has 0 unspecified atom stereocenters. The first-order valence-corrected chi connectivity index (χ1v) is 11.3. The Labute approximate surface area is 194 Å². The second kappa shape index (κ2) is 11.7. The zero-order valence-corrected chi connectivity index (χ0v) is 19.3. The maximum atomic E-state index is 13.0. The van der Waals surface area contributed by atoms with Crippen LogP contribution >= 0.6 is 0 Å². The van der Waals surface area contributed by atoms with Crippen LogP contribution in [0.15, 0.2) is 42.6 Å². The van der Waals surface area contributed by atoms with Gasteiger partial charge in [0.25, 0.3) is 5.91 Å². The van der Waals surface area contributed by atoms with Gasteiger partial charge >= 0.3 is 5.97 Å². The number of aromatic nitrogens is 1. The minimum Gasteiger partial charge on any atom is -0.503 e. The summed E-state index contributed by atoms with van der Waals surface area (Å²) in [5, 5.41) is 12.9. The van der Waals surface area contributed by atoms with Gasteiger partial charge in [-0.2, -0.15) is 0 Å². The van der Waals surface area contributed by atoms with Crippen molar-refractivity contribution in [3.8, 4) is 11.5 Å². The highest BCUT2D eigenvalue weighted by atomic mass is 16.6. The molecule has 0 saturated carbocycles. The quantitative estimate of drug-likeness (QED) is 0.616. The third-order valence-electron chi connectivity index (χ3n) is 5.92. The molecule has 1 saturated heterocycles. The van der Waals surface area contributed by atoms with Crippen LogP contribution in [0.25, 0.3) is 0 Å². The molecule has 0 bridgehead atoms. The number of esters is 1. The van der Waals surface area contributed by atoms with E-state index in [0.29, 0.717) is 6.61 Å². The van der Waals surface area contributed by atoms with Crippen molar-refractivity contribution in [2.24, 2.45) is 5.92 Å². The number of hydrogen-bond donors (Lipinski definition) is 2. The number of benzene rings is 1. The van der Waals surface area contributed by atoms with E-state index in [-0.39, 0.29) is 35.6 Å². The lowest BCUT2D eigenvalue weighted by Gasteiger charge is -2.31. The predicted molar refractivity (Wildman–Crippen MR) is 122 cm³/mol. The second-order valence-electron chi connectivity index (χ2n) is 8.22. The van der Waals surface area contributed by atoms with Gasteiger partial charge in [0.05, 0.1) is 13.2 Å². The van der Waals surface area contributed by atoms with Gasteiger partial charge in [0.15, 0.2) is 17.2 Å².